The number of hydrogen-bond acceptors (Lipinski definition) is 13. The third-order valence-electron chi connectivity index (χ3n) is 12.6. The van der Waals surface area contributed by atoms with Gasteiger partial charge in [0.25, 0.3) is 23.6 Å². The van der Waals surface area contributed by atoms with E-state index in [1.54, 1.807) is 61.1 Å². The van der Waals surface area contributed by atoms with E-state index >= 15 is 0 Å². The fraction of sp³-hybridized carbons (Fsp3) is 0.434. The highest BCUT2D eigenvalue weighted by Crippen LogP contribution is 2.24. The molecule has 3 fully saturated rings. The molecule has 70 heavy (non-hydrogen) atoms. The number of amides is 4. The highest BCUT2D eigenvalue weighted by Gasteiger charge is 2.47. The van der Waals surface area contributed by atoms with Crippen LogP contribution in [0.25, 0.3) is 0 Å². The molecule has 17 heteroatoms. The minimum absolute atomic E-state index is 0.288. The number of aliphatic hydroxyl groups is 1. The molecule has 3 atom stereocenters. The molecule has 370 valence electrons. The second-order valence-electron chi connectivity index (χ2n) is 17.7. The Bertz CT molecular complexity index is 2600. The molecule has 7 rings (SSSR count). The van der Waals surface area contributed by atoms with Crippen LogP contribution < -0.4 is 21.3 Å². The van der Waals surface area contributed by atoms with E-state index < -0.39 is 59.2 Å². The van der Waals surface area contributed by atoms with Crippen LogP contribution in [0, 0.1) is 23.7 Å². The molecule has 1 unspecified atom stereocenters. The monoisotopic (exact) mass is 958 g/mol. The fourth-order valence-electron chi connectivity index (χ4n) is 7.34. The summed E-state index contributed by atoms with van der Waals surface area (Å²) >= 11 is 0. The van der Waals surface area contributed by atoms with Gasteiger partial charge in [0.15, 0.2) is 28.9 Å². The fourth-order valence-corrected chi connectivity index (χ4v) is 7.34. The Kier molecular flexibility index (Phi) is 18.1. The zero-order valence-corrected chi connectivity index (χ0v) is 40.6. The number of ether oxygens (including phenoxy) is 2. The first kappa shape index (κ1) is 52.5. The maximum absolute atomic E-state index is 13.3. The van der Waals surface area contributed by atoms with E-state index in [9.17, 15) is 33.9 Å². The summed E-state index contributed by atoms with van der Waals surface area (Å²) < 4.78 is 22.2. The lowest BCUT2D eigenvalue weighted by atomic mass is 9.92. The molecule has 0 spiro atoms. The molecular formula is C53H62N6O11. The number of furan rings is 2. The van der Waals surface area contributed by atoms with Gasteiger partial charge in [-0.05, 0) is 119 Å². The van der Waals surface area contributed by atoms with E-state index in [0.717, 1.165) is 45.3 Å². The first-order valence-electron chi connectivity index (χ1n) is 23.4. The number of carbonyl (C=O) groups excluding carboxylic acids is 6. The van der Waals surface area contributed by atoms with Gasteiger partial charge >= 0.3 is 0 Å². The number of rotatable bonds is 18. The van der Waals surface area contributed by atoms with Crippen LogP contribution in [0.1, 0.15) is 113 Å². The first-order chi connectivity index (χ1) is 33.6. The van der Waals surface area contributed by atoms with Crippen LogP contribution in [0.2, 0.25) is 0 Å². The van der Waals surface area contributed by atoms with E-state index in [1.807, 2.05) is 12.1 Å². The molecule has 0 radical (unpaired) electrons. The van der Waals surface area contributed by atoms with Gasteiger partial charge in [0.05, 0.1) is 24.2 Å². The molecule has 3 heterocycles. The molecule has 5 N–H and O–H groups in total. The third kappa shape index (κ3) is 13.5. The molecule has 0 bridgehead atoms. The number of nitrogens with one attached hydrogen (secondary N) is 4. The smallest absolute Gasteiger partial charge is 0.254 e. The predicted molar refractivity (Wildman–Crippen MR) is 258 cm³/mol. The Morgan fingerprint density at radius 2 is 1.07 bits per heavy atom. The Labute approximate surface area is 408 Å². The van der Waals surface area contributed by atoms with Crippen LogP contribution in [0.4, 0.5) is 0 Å². The molecule has 1 aliphatic heterocycles. The summed E-state index contributed by atoms with van der Waals surface area (Å²) in [6, 6.07) is 18.3. The molecule has 17 nitrogen and oxygen atoms in total. The SMILES string of the molecule is CNC(=O)[C@@](C)(C(=O)CO)N(C)C(=O)c1ccc(C#Cc2coc(CNC3CC3)c2)cc1.CNC(=O)[C@@](C)(C(=O)COC1CCCCO1)N(C)C(=O)c1ccc(C#Cc2coc(CNC3CC3)c2)cc1. The van der Waals surface area contributed by atoms with E-state index in [-0.39, 0.29) is 12.2 Å². The molecule has 3 aliphatic rings. The zero-order valence-electron chi connectivity index (χ0n) is 40.6. The summed E-state index contributed by atoms with van der Waals surface area (Å²) in [4.78, 5) is 78.9. The van der Waals surface area contributed by atoms with Gasteiger partial charge in [0.1, 0.15) is 37.3 Å². The number of likely N-dealkylation sites (N-methyl/N-ethyl adjacent to an activating group) is 4. The molecule has 4 amide bonds. The van der Waals surface area contributed by atoms with Gasteiger partial charge in [-0.1, -0.05) is 23.7 Å². The maximum atomic E-state index is 13.3. The predicted octanol–water partition coefficient (Wildman–Crippen LogP) is 3.69. The molecule has 1 saturated heterocycles. The summed E-state index contributed by atoms with van der Waals surface area (Å²) in [6.07, 6.45) is 10.2. The number of ketones is 2. The van der Waals surface area contributed by atoms with Crippen molar-refractivity contribution in [3.8, 4) is 23.7 Å². The molecule has 2 aliphatic carbocycles. The van der Waals surface area contributed by atoms with Gasteiger partial charge < -0.3 is 54.5 Å². The summed E-state index contributed by atoms with van der Waals surface area (Å²) in [5, 5.41) is 20.9. The second-order valence-corrected chi connectivity index (χ2v) is 17.7. The van der Waals surface area contributed by atoms with Gasteiger partial charge in [-0.15, -0.1) is 0 Å². The Morgan fingerprint density at radius 1 is 0.643 bits per heavy atom. The molecule has 2 aromatic carbocycles. The molecule has 4 aromatic rings. The number of nitrogens with zero attached hydrogens (tertiary/aromatic N) is 2. The van der Waals surface area contributed by atoms with Gasteiger partial charge in [-0.2, -0.15) is 0 Å². The first-order valence-corrected chi connectivity index (χ1v) is 23.4. The quantitative estimate of drug-likeness (QED) is 0.0711. The summed E-state index contributed by atoms with van der Waals surface area (Å²) in [6.45, 7) is 3.48. The lowest BCUT2D eigenvalue weighted by Crippen LogP contribution is -2.62. The van der Waals surface area contributed by atoms with Crippen molar-refractivity contribution < 1.29 is 52.2 Å². The van der Waals surface area contributed by atoms with E-state index in [0.29, 0.717) is 54.9 Å². The summed E-state index contributed by atoms with van der Waals surface area (Å²) in [5.41, 5.74) is -0.0132. The van der Waals surface area contributed by atoms with Crippen molar-refractivity contribution in [2.24, 2.45) is 0 Å². The van der Waals surface area contributed by atoms with Crippen molar-refractivity contribution in [3.63, 3.8) is 0 Å². The lowest BCUT2D eigenvalue weighted by molar-refractivity contribution is -0.174. The van der Waals surface area contributed by atoms with Crippen LogP contribution in [-0.4, -0.2) is 128 Å². The Hall–Kier alpha value is -6.86. The van der Waals surface area contributed by atoms with Crippen LogP contribution in [0.5, 0.6) is 0 Å². The molecule has 2 saturated carbocycles. The zero-order chi connectivity index (χ0) is 50.4. The lowest BCUT2D eigenvalue weighted by Gasteiger charge is -2.36. The topological polar surface area (TPSA) is 222 Å². The Morgan fingerprint density at radius 3 is 1.46 bits per heavy atom. The third-order valence-corrected chi connectivity index (χ3v) is 12.6. The van der Waals surface area contributed by atoms with Gasteiger partial charge in [0.2, 0.25) is 0 Å². The minimum atomic E-state index is -1.83. The van der Waals surface area contributed by atoms with Gasteiger partial charge in [0, 0.05) is 69.1 Å². The average Bonchev–Trinajstić information content (AvgIpc) is 4.33. The number of carbonyl (C=O) groups is 6. The number of hydrogen-bond donors (Lipinski definition) is 5. The van der Waals surface area contributed by atoms with Crippen LogP contribution in [0.3, 0.4) is 0 Å². The number of Topliss-reactive ketones (excluding diaryl/α,β-unsaturated/α-hetero) is 2. The molecular weight excluding hydrogens is 897 g/mol. The highest BCUT2D eigenvalue weighted by molar-refractivity contribution is 6.15. The van der Waals surface area contributed by atoms with Gasteiger partial charge in [-0.25, -0.2) is 0 Å². The standard InChI is InChI=1S/C29H35N3O6.C24H27N3O5/c1-29(28(35)30-2,25(33)19-38-26-6-4-5-15-36-26)32(3)27(34)22-11-9-20(10-12-22)7-8-21-16-24(37-18-21)17-31-23-13-14-23;1-24(21(29)14-28,23(31)25-2)27(3)22(30)18-8-6-16(7-9-18)4-5-17-12-20(32-15-17)13-26-19-10-11-19/h9-12,16,18,23,26,31H,4-6,13-15,17,19H2,1-3H3,(H,30,35);6-9,12,15,19,26,28H,10-11,13-14H2,1-3H3,(H,25,31)/t26?,29-;24-/m11/s1. The average molecular weight is 959 g/mol. The van der Waals surface area contributed by atoms with E-state index in [1.165, 1.54) is 67.7 Å². The van der Waals surface area contributed by atoms with Crippen molar-refractivity contribution in [2.75, 3.05) is 48.0 Å². The van der Waals surface area contributed by atoms with E-state index in [2.05, 4.69) is 44.9 Å². The highest BCUT2D eigenvalue weighted by atomic mass is 16.7. The van der Waals surface area contributed by atoms with Crippen LogP contribution in [0.15, 0.2) is 82.0 Å². The molecule has 2 aromatic heterocycles. The van der Waals surface area contributed by atoms with Crippen molar-refractivity contribution in [1.29, 1.82) is 0 Å². The second kappa shape index (κ2) is 24.1. The number of aliphatic hydroxyl groups excluding tert-OH is 1. The van der Waals surface area contributed by atoms with Crippen LogP contribution >= 0.6 is 0 Å². The largest absolute Gasteiger partial charge is 0.467 e. The number of benzene rings is 2. The van der Waals surface area contributed by atoms with Crippen LogP contribution in [-0.2, 0) is 41.7 Å². The summed E-state index contributed by atoms with van der Waals surface area (Å²) in [7, 11) is 5.59. The van der Waals surface area contributed by atoms with Crippen molar-refractivity contribution in [1.82, 2.24) is 31.1 Å². The van der Waals surface area contributed by atoms with Gasteiger partial charge in [-0.3, -0.25) is 28.8 Å². The normalized spacial score (nSPS) is 16.8. The maximum Gasteiger partial charge on any atom is 0.254 e. The van der Waals surface area contributed by atoms with E-state index in [4.69, 9.17) is 18.3 Å². The minimum Gasteiger partial charge on any atom is -0.467 e. The van der Waals surface area contributed by atoms with Crippen molar-refractivity contribution in [2.45, 2.75) is 101 Å². The Balaban J connectivity index is 0.000000233. The summed E-state index contributed by atoms with van der Waals surface area (Å²) in [5.74, 6) is 10.3. The van der Waals surface area contributed by atoms with Crippen molar-refractivity contribution in [3.05, 3.63) is 118 Å². The van der Waals surface area contributed by atoms with Crippen molar-refractivity contribution >= 4 is 35.2 Å².